The first kappa shape index (κ1) is 9.90. The van der Waals surface area contributed by atoms with E-state index in [4.69, 9.17) is 17.0 Å². The van der Waals surface area contributed by atoms with Crippen LogP contribution in [0.15, 0.2) is 18.2 Å². The Kier molecular flexibility index (Phi) is 2.07. The molecule has 1 fully saturated rings. The van der Waals surface area contributed by atoms with E-state index in [-0.39, 0.29) is 0 Å². The first-order chi connectivity index (χ1) is 7.70. The average molecular weight is 234 g/mol. The van der Waals surface area contributed by atoms with E-state index in [1.165, 1.54) is 11.9 Å². The van der Waals surface area contributed by atoms with Crippen molar-refractivity contribution in [2.24, 2.45) is 5.92 Å². The number of benzene rings is 1. The molecule has 1 heterocycles. The van der Waals surface area contributed by atoms with Crippen LogP contribution in [-0.2, 0) is 0 Å². The van der Waals surface area contributed by atoms with Crippen LogP contribution in [0.1, 0.15) is 19.4 Å². The second-order valence-electron chi connectivity index (χ2n) is 4.46. The molecule has 2 atom stereocenters. The fourth-order valence-corrected chi connectivity index (χ4v) is 2.57. The van der Waals surface area contributed by atoms with E-state index < -0.39 is 0 Å². The van der Waals surface area contributed by atoms with E-state index in [2.05, 4.69) is 22.5 Å². The van der Waals surface area contributed by atoms with Gasteiger partial charge in [0.25, 0.3) is 0 Å². The topological polar surface area (TPSA) is 29.9 Å². The number of aromatic amines is 1. The molecule has 0 aliphatic heterocycles. The molecule has 2 unspecified atom stereocenters. The molecule has 0 radical (unpaired) electrons. The molecule has 1 saturated carbocycles. The van der Waals surface area contributed by atoms with E-state index in [0.29, 0.717) is 6.04 Å². The third-order valence-corrected chi connectivity index (χ3v) is 3.62. The van der Waals surface area contributed by atoms with E-state index in [1.807, 2.05) is 12.1 Å². The molecular weight excluding hydrogens is 220 g/mol. The van der Waals surface area contributed by atoms with Crippen LogP contribution in [0.2, 0.25) is 0 Å². The minimum Gasteiger partial charge on any atom is -0.497 e. The van der Waals surface area contributed by atoms with Crippen LogP contribution in [0, 0.1) is 10.7 Å². The number of methoxy groups -OCH3 is 1. The molecule has 1 aliphatic carbocycles. The zero-order chi connectivity index (χ0) is 11.3. The summed E-state index contributed by atoms with van der Waals surface area (Å²) in [7, 11) is 1.68. The number of ether oxygens (including phenoxy) is 1. The molecule has 1 N–H and O–H groups in total. The van der Waals surface area contributed by atoms with Crippen LogP contribution in [0.25, 0.3) is 11.0 Å². The lowest BCUT2D eigenvalue weighted by molar-refractivity contribution is 0.415. The third-order valence-electron chi connectivity index (χ3n) is 3.32. The minimum atomic E-state index is 0.578. The Balaban J connectivity index is 2.21. The monoisotopic (exact) mass is 234 g/mol. The van der Waals surface area contributed by atoms with Gasteiger partial charge in [-0.1, -0.05) is 6.92 Å². The molecule has 0 bridgehead atoms. The number of fused-ring (bicyclic) bond motifs is 1. The largest absolute Gasteiger partial charge is 0.497 e. The van der Waals surface area contributed by atoms with Gasteiger partial charge in [-0.15, -0.1) is 0 Å². The Labute approximate surface area is 99.0 Å². The van der Waals surface area contributed by atoms with Crippen molar-refractivity contribution < 1.29 is 4.74 Å². The molecule has 16 heavy (non-hydrogen) atoms. The fourth-order valence-electron chi connectivity index (χ4n) is 2.23. The van der Waals surface area contributed by atoms with Gasteiger partial charge in [-0.2, -0.15) is 0 Å². The highest BCUT2D eigenvalue weighted by atomic mass is 32.1. The van der Waals surface area contributed by atoms with Gasteiger partial charge in [-0.3, -0.25) is 0 Å². The van der Waals surface area contributed by atoms with Crippen LogP contribution < -0.4 is 4.74 Å². The third kappa shape index (κ3) is 1.37. The summed E-state index contributed by atoms with van der Waals surface area (Å²) in [5.41, 5.74) is 2.24. The second kappa shape index (κ2) is 3.35. The van der Waals surface area contributed by atoms with Gasteiger partial charge in [-0.25, -0.2) is 0 Å². The van der Waals surface area contributed by atoms with E-state index in [9.17, 15) is 0 Å². The Morgan fingerprint density at radius 1 is 1.50 bits per heavy atom. The van der Waals surface area contributed by atoms with Crippen molar-refractivity contribution in [1.82, 2.24) is 9.55 Å². The summed E-state index contributed by atoms with van der Waals surface area (Å²) in [6, 6.07) is 6.63. The van der Waals surface area contributed by atoms with Gasteiger partial charge in [0.15, 0.2) is 4.77 Å². The number of hydrogen-bond donors (Lipinski definition) is 1. The zero-order valence-electron chi connectivity index (χ0n) is 9.36. The molecule has 0 amide bonds. The highest BCUT2D eigenvalue weighted by Gasteiger charge is 2.35. The SMILES string of the molecule is COc1ccc2c(c1)[nH]c(=S)n2C1CC1C. The standard InChI is InChI=1S/C12H14N2OS/c1-7-5-11(7)14-10-4-3-8(15-2)6-9(10)13-12(14)16/h3-4,6-7,11H,5H2,1-2H3,(H,13,16). The lowest BCUT2D eigenvalue weighted by Gasteiger charge is -2.03. The van der Waals surface area contributed by atoms with Gasteiger partial charge in [-0.05, 0) is 36.7 Å². The number of nitrogens with zero attached hydrogens (tertiary/aromatic N) is 1. The molecule has 3 rings (SSSR count). The number of aromatic nitrogens is 2. The summed E-state index contributed by atoms with van der Waals surface area (Å²) in [5.74, 6) is 1.60. The first-order valence-electron chi connectivity index (χ1n) is 5.49. The van der Waals surface area contributed by atoms with E-state index in [0.717, 1.165) is 22.0 Å². The molecule has 4 heteroatoms. The van der Waals surface area contributed by atoms with Crippen molar-refractivity contribution in [1.29, 1.82) is 0 Å². The Bertz CT molecular complexity index is 599. The van der Waals surface area contributed by atoms with Crippen LogP contribution in [0.3, 0.4) is 0 Å². The molecule has 1 aromatic heterocycles. The van der Waals surface area contributed by atoms with E-state index in [1.54, 1.807) is 7.11 Å². The van der Waals surface area contributed by atoms with Crippen LogP contribution >= 0.6 is 12.2 Å². The first-order valence-corrected chi connectivity index (χ1v) is 5.90. The lowest BCUT2D eigenvalue weighted by Crippen LogP contribution is -1.94. The molecular formula is C12H14N2OS. The number of rotatable bonds is 2. The molecule has 3 nitrogen and oxygen atoms in total. The van der Waals surface area contributed by atoms with E-state index >= 15 is 0 Å². The van der Waals surface area contributed by atoms with Gasteiger partial charge in [0, 0.05) is 12.1 Å². The van der Waals surface area contributed by atoms with Gasteiger partial charge in [0.1, 0.15) is 5.75 Å². The summed E-state index contributed by atoms with van der Waals surface area (Å²) < 4.78 is 8.25. The number of nitrogens with one attached hydrogen (secondary N) is 1. The normalized spacial score (nSPS) is 23.6. The summed E-state index contributed by atoms with van der Waals surface area (Å²) in [6.45, 7) is 2.26. The summed E-state index contributed by atoms with van der Waals surface area (Å²) in [6.07, 6.45) is 1.23. The van der Waals surface area contributed by atoms with Crippen LogP contribution in [0.4, 0.5) is 0 Å². The maximum Gasteiger partial charge on any atom is 0.178 e. The predicted molar refractivity (Wildman–Crippen MR) is 66.5 cm³/mol. The van der Waals surface area contributed by atoms with Gasteiger partial charge >= 0.3 is 0 Å². The maximum atomic E-state index is 5.37. The molecule has 0 spiro atoms. The highest BCUT2D eigenvalue weighted by molar-refractivity contribution is 7.71. The molecule has 84 valence electrons. The summed E-state index contributed by atoms with van der Waals surface area (Å²) >= 11 is 5.37. The molecule has 2 aromatic rings. The second-order valence-corrected chi connectivity index (χ2v) is 4.85. The number of imidazole rings is 1. The van der Waals surface area contributed by atoms with Crippen molar-refractivity contribution in [2.75, 3.05) is 7.11 Å². The highest BCUT2D eigenvalue weighted by Crippen LogP contribution is 2.44. The lowest BCUT2D eigenvalue weighted by atomic mass is 10.3. The quantitative estimate of drug-likeness (QED) is 0.808. The fraction of sp³-hybridized carbons (Fsp3) is 0.417. The van der Waals surface area contributed by atoms with Crippen LogP contribution in [0.5, 0.6) is 5.75 Å². The average Bonchev–Trinajstić information content (AvgIpc) is 2.88. The van der Waals surface area contributed by atoms with Crippen molar-refractivity contribution in [3.8, 4) is 5.75 Å². The molecule has 1 aliphatic rings. The van der Waals surface area contributed by atoms with Crippen molar-refractivity contribution in [3.05, 3.63) is 23.0 Å². The smallest absolute Gasteiger partial charge is 0.178 e. The number of H-pyrrole nitrogens is 1. The Hall–Kier alpha value is -1.29. The number of hydrogen-bond acceptors (Lipinski definition) is 2. The van der Waals surface area contributed by atoms with Crippen molar-refractivity contribution in [3.63, 3.8) is 0 Å². The predicted octanol–water partition coefficient (Wildman–Crippen LogP) is 3.29. The summed E-state index contributed by atoms with van der Waals surface area (Å²) in [4.78, 5) is 3.24. The Morgan fingerprint density at radius 3 is 2.88 bits per heavy atom. The molecule has 0 saturated heterocycles. The summed E-state index contributed by atoms with van der Waals surface area (Å²) in [5, 5.41) is 0. The maximum absolute atomic E-state index is 5.37. The minimum absolute atomic E-state index is 0.578. The molecule has 1 aromatic carbocycles. The van der Waals surface area contributed by atoms with Gasteiger partial charge in [0.2, 0.25) is 0 Å². The zero-order valence-corrected chi connectivity index (χ0v) is 10.2. The van der Waals surface area contributed by atoms with Crippen LogP contribution in [-0.4, -0.2) is 16.7 Å². The Morgan fingerprint density at radius 2 is 2.25 bits per heavy atom. The van der Waals surface area contributed by atoms with Crippen molar-refractivity contribution in [2.45, 2.75) is 19.4 Å². The van der Waals surface area contributed by atoms with Crippen molar-refractivity contribution >= 4 is 23.3 Å². The van der Waals surface area contributed by atoms with Gasteiger partial charge < -0.3 is 14.3 Å². The van der Waals surface area contributed by atoms with Gasteiger partial charge in [0.05, 0.1) is 18.1 Å².